The molecular formula is C17H25N3. The van der Waals surface area contributed by atoms with Gasteiger partial charge < -0.3 is 5.32 Å². The van der Waals surface area contributed by atoms with Crippen LogP contribution in [0.4, 0.5) is 0 Å². The van der Waals surface area contributed by atoms with Gasteiger partial charge in [0, 0.05) is 18.3 Å². The van der Waals surface area contributed by atoms with E-state index in [9.17, 15) is 0 Å². The predicted molar refractivity (Wildman–Crippen MR) is 84.0 cm³/mol. The highest BCUT2D eigenvalue weighted by Crippen LogP contribution is 2.24. The molecule has 3 nitrogen and oxygen atoms in total. The molecule has 108 valence electrons. The highest BCUT2D eigenvalue weighted by molar-refractivity contribution is 5.32. The van der Waals surface area contributed by atoms with Crippen molar-refractivity contribution in [1.29, 1.82) is 0 Å². The number of rotatable bonds is 6. The van der Waals surface area contributed by atoms with E-state index >= 15 is 0 Å². The number of hydrogen-bond donors (Lipinski definition) is 1. The molecule has 0 bridgehead atoms. The molecule has 1 heterocycles. The topological polar surface area (TPSA) is 29.9 Å². The first kappa shape index (κ1) is 14.8. The number of aryl methyl sites for hydroxylation is 1. The number of hydrogen-bond acceptors (Lipinski definition) is 2. The molecule has 2 aromatic rings. The number of nitrogens with one attached hydrogen (secondary N) is 1. The van der Waals surface area contributed by atoms with Gasteiger partial charge in [-0.1, -0.05) is 45.0 Å². The van der Waals surface area contributed by atoms with Crippen LogP contribution in [0.25, 0.3) is 0 Å². The minimum Gasteiger partial charge on any atom is -0.306 e. The second-order valence-corrected chi connectivity index (χ2v) is 5.44. The van der Waals surface area contributed by atoms with E-state index in [0.717, 1.165) is 13.1 Å². The van der Waals surface area contributed by atoms with Crippen molar-refractivity contribution < 1.29 is 0 Å². The van der Waals surface area contributed by atoms with Crippen molar-refractivity contribution in [3.63, 3.8) is 0 Å². The lowest BCUT2D eigenvalue weighted by atomic mass is 9.97. The third-order valence-corrected chi connectivity index (χ3v) is 3.66. The van der Waals surface area contributed by atoms with Crippen LogP contribution >= 0.6 is 0 Å². The maximum absolute atomic E-state index is 4.39. The summed E-state index contributed by atoms with van der Waals surface area (Å²) in [5.74, 6) is 0.574. The summed E-state index contributed by atoms with van der Waals surface area (Å²) in [7, 11) is 0. The Morgan fingerprint density at radius 3 is 2.20 bits per heavy atom. The van der Waals surface area contributed by atoms with Gasteiger partial charge in [-0.2, -0.15) is 5.10 Å². The van der Waals surface area contributed by atoms with Crippen LogP contribution in [0.15, 0.2) is 36.7 Å². The van der Waals surface area contributed by atoms with Gasteiger partial charge in [-0.15, -0.1) is 0 Å². The number of aromatic nitrogens is 2. The van der Waals surface area contributed by atoms with Gasteiger partial charge in [-0.05, 0) is 30.5 Å². The Bertz CT molecular complexity index is 525. The van der Waals surface area contributed by atoms with Gasteiger partial charge in [-0.3, -0.25) is 4.68 Å². The van der Waals surface area contributed by atoms with Crippen LogP contribution in [0.5, 0.6) is 0 Å². The quantitative estimate of drug-likeness (QED) is 0.867. The Hall–Kier alpha value is -1.61. The lowest BCUT2D eigenvalue weighted by molar-refractivity contribution is 0.625. The van der Waals surface area contributed by atoms with Crippen LogP contribution in [0.2, 0.25) is 0 Å². The molecule has 1 atom stereocenters. The van der Waals surface area contributed by atoms with Gasteiger partial charge in [0.2, 0.25) is 0 Å². The van der Waals surface area contributed by atoms with Crippen molar-refractivity contribution in [2.45, 2.75) is 46.2 Å². The van der Waals surface area contributed by atoms with Crippen LogP contribution in [0.1, 0.15) is 56.3 Å². The summed E-state index contributed by atoms with van der Waals surface area (Å²) in [6.07, 6.45) is 4.09. The fraction of sp³-hybridized carbons (Fsp3) is 0.471. The summed E-state index contributed by atoms with van der Waals surface area (Å²) in [6.45, 7) is 10.5. The second-order valence-electron chi connectivity index (χ2n) is 5.44. The largest absolute Gasteiger partial charge is 0.306 e. The SMILES string of the molecule is CCNC(c1ccc(C(C)C)cc1)c1cnn(CC)c1. The zero-order valence-electron chi connectivity index (χ0n) is 12.9. The number of benzene rings is 1. The van der Waals surface area contributed by atoms with E-state index in [0.29, 0.717) is 5.92 Å². The Morgan fingerprint density at radius 2 is 1.70 bits per heavy atom. The van der Waals surface area contributed by atoms with Crippen LogP contribution in [0.3, 0.4) is 0 Å². The highest BCUT2D eigenvalue weighted by atomic mass is 15.3. The first-order chi connectivity index (χ1) is 9.65. The molecule has 0 radical (unpaired) electrons. The molecule has 0 saturated carbocycles. The average Bonchev–Trinajstić information content (AvgIpc) is 2.93. The van der Waals surface area contributed by atoms with Crippen molar-refractivity contribution in [1.82, 2.24) is 15.1 Å². The van der Waals surface area contributed by atoms with E-state index in [1.165, 1.54) is 16.7 Å². The third kappa shape index (κ3) is 3.28. The summed E-state index contributed by atoms with van der Waals surface area (Å²) < 4.78 is 1.97. The van der Waals surface area contributed by atoms with Gasteiger partial charge in [0.1, 0.15) is 0 Å². The highest BCUT2D eigenvalue weighted by Gasteiger charge is 2.15. The minimum absolute atomic E-state index is 0.224. The maximum Gasteiger partial charge on any atom is 0.0607 e. The van der Waals surface area contributed by atoms with Crippen molar-refractivity contribution in [2.75, 3.05) is 6.54 Å². The second kappa shape index (κ2) is 6.71. The molecule has 0 aliphatic heterocycles. The smallest absolute Gasteiger partial charge is 0.0607 e. The van der Waals surface area contributed by atoms with Gasteiger partial charge in [-0.25, -0.2) is 0 Å². The van der Waals surface area contributed by atoms with Crippen molar-refractivity contribution in [3.8, 4) is 0 Å². The molecule has 0 aliphatic rings. The molecule has 1 aromatic heterocycles. The Kier molecular flexibility index (Phi) is 4.96. The normalized spacial score (nSPS) is 12.8. The molecule has 3 heteroatoms. The summed E-state index contributed by atoms with van der Waals surface area (Å²) in [6, 6.07) is 9.14. The molecule has 0 fully saturated rings. The molecule has 0 aliphatic carbocycles. The molecule has 1 N–H and O–H groups in total. The zero-order valence-corrected chi connectivity index (χ0v) is 12.9. The summed E-state index contributed by atoms with van der Waals surface area (Å²) in [5, 5.41) is 7.93. The Balaban J connectivity index is 2.27. The standard InChI is InChI=1S/C17H25N3/c1-5-18-17(16-11-19-20(6-2)12-16)15-9-7-14(8-10-15)13(3)4/h7-13,17-18H,5-6H2,1-4H3. The van der Waals surface area contributed by atoms with Gasteiger partial charge in [0.05, 0.1) is 12.2 Å². The first-order valence-electron chi connectivity index (χ1n) is 7.51. The fourth-order valence-corrected chi connectivity index (χ4v) is 2.41. The van der Waals surface area contributed by atoms with Crippen molar-refractivity contribution in [3.05, 3.63) is 53.3 Å². The zero-order chi connectivity index (χ0) is 14.5. The molecular weight excluding hydrogens is 246 g/mol. The molecule has 1 unspecified atom stereocenters. The summed E-state index contributed by atoms with van der Waals surface area (Å²) in [5.41, 5.74) is 3.91. The van der Waals surface area contributed by atoms with Gasteiger partial charge >= 0.3 is 0 Å². The Labute approximate surface area is 122 Å². The van der Waals surface area contributed by atoms with E-state index in [1.807, 2.05) is 10.9 Å². The molecule has 0 spiro atoms. The minimum atomic E-state index is 0.224. The van der Waals surface area contributed by atoms with Gasteiger partial charge in [0.25, 0.3) is 0 Å². The lowest BCUT2D eigenvalue weighted by Gasteiger charge is -2.18. The van der Waals surface area contributed by atoms with E-state index in [2.05, 4.69) is 68.6 Å². The summed E-state index contributed by atoms with van der Waals surface area (Å²) >= 11 is 0. The lowest BCUT2D eigenvalue weighted by Crippen LogP contribution is -2.21. The van der Waals surface area contributed by atoms with Crippen molar-refractivity contribution in [2.24, 2.45) is 0 Å². The van der Waals surface area contributed by atoms with E-state index in [1.54, 1.807) is 0 Å². The molecule has 20 heavy (non-hydrogen) atoms. The first-order valence-corrected chi connectivity index (χ1v) is 7.51. The molecule has 0 saturated heterocycles. The number of nitrogens with zero attached hydrogens (tertiary/aromatic N) is 2. The average molecular weight is 271 g/mol. The third-order valence-electron chi connectivity index (χ3n) is 3.66. The van der Waals surface area contributed by atoms with Crippen LogP contribution in [0, 0.1) is 0 Å². The van der Waals surface area contributed by atoms with Crippen LogP contribution in [-0.2, 0) is 6.54 Å². The molecule has 2 rings (SSSR count). The monoisotopic (exact) mass is 271 g/mol. The molecule has 1 aromatic carbocycles. The van der Waals surface area contributed by atoms with Crippen LogP contribution in [-0.4, -0.2) is 16.3 Å². The summed E-state index contributed by atoms with van der Waals surface area (Å²) in [4.78, 5) is 0. The van der Waals surface area contributed by atoms with Crippen LogP contribution < -0.4 is 5.32 Å². The Morgan fingerprint density at radius 1 is 1.05 bits per heavy atom. The van der Waals surface area contributed by atoms with Gasteiger partial charge in [0.15, 0.2) is 0 Å². The van der Waals surface area contributed by atoms with E-state index in [-0.39, 0.29) is 6.04 Å². The van der Waals surface area contributed by atoms with Crippen molar-refractivity contribution >= 4 is 0 Å². The van der Waals surface area contributed by atoms with E-state index in [4.69, 9.17) is 0 Å². The fourth-order valence-electron chi connectivity index (χ4n) is 2.41. The molecule has 0 amide bonds. The maximum atomic E-state index is 4.39. The van der Waals surface area contributed by atoms with E-state index < -0.39 is 0 Å². The predicted octanol–water partition coefficient (Wildman–Crippen LogP) is 3.73.